The van der Waals surface area contributed by atoms with Crippen LogP contribution < -0.4 is 4.74 Å². The minimum absolute atomic E-state index is 0. The van der Waals surface area contributed by atoms with Crippen molar-refractivity contribution in [2.24, 2.45) is 5.41 Å². The fourth-order valence-electron chi connectivity index (χ4n) is 4.32. The topological polar surface area (TPSA) is 27.1 Å². The molecular formula is C27H30ClFN2O. The van der Waals surface area contributed by atoms with Gasteiger partial charge in [-0.3, -0.25) is 4.98 Å². The van der Waals surface area contributed by atoms with Gasteiger partial charge in [-0.15, -0.1) is 12.4 Å². The van der Waals surface area contributed by atoms with E-state index in [0.29, 0.717) is 6.61 Å². The van der Waals surface area contributed by atoms with Crippen LogP contribution in [0.2, 0.25) is 0 Å². The van der Waals surface area contributed by atoms with E-state index in [-0.39, 0.29) is 29.7 Å². The monoisotopic (exact) mass is 452 g/mol. The zero-order valence-electron chi connectivity index (χ0n) is 19.2. The van der Waals surface area contributed by atoms with Crippen LogP contribution >= 0.6 is 12.4 Å². The molecule has 4 aromatic rings. The van der Waals surface area contributed by atoms with Crippen LogP contribution in [0.15, 0.2) is 66.9 Å². The molecule has 2 aromatic heterocycles. The molecule has 0 saturated carbocycles. The van der Waals surface area contributed by atoms with E-state index in [1.54, 1.807) is 18.3 Å². The van der Waals surface area contributed by atoms with Crippen molar-refractivity contribution in [2.75, 3.05) is 0 Å². The molecule has 32 heavy (non-hydrogen) atoms. The molecule has 168 valence electrons. The number of aromatic nitrogens is 2. The van der Waals surface area contributed by atoms with E-state index in [1.165, 1.54) is 23.4 Å². The summed E-state index contributed by atoms with van der Waals surface area (Å²) in [5, 5.41) is 0. The standard InChI is InChI=1S/C27H29FN2O.ClH/c1-18-19(2)30(26(27(3,4)5)21-9-7-6-8-10-21)25-23(15-16-29-24(18)25)31-17-20-11-13-22(28)14-12-20;/h6-16,26H,17H2,1-5H3;1H. The molecule has 0 spiro atoms. The van der Waals surface area contributed by atoms with Crippen molar-refractivity contribution in [1.82, 2.24) is 9.55 Å². The molecule has 1 atom stereocenters. The van der Waals surface area contributed by atoms with Crippen LogP contribution in [0.25, 0.3) is 11.0 Å². The summed E-state index contributed by atoms with van der Waals surface area (Å²) < 4.78 is 21.9. The summed E-state index contributed by atoms with van der Waals surface area (Å²) in [6.45, 7) is 11.4. The molecule has 5 heteroatoms. The van der Waals surface area contributed by atoms with Crippen molar-refractivity contribution in [1.29, 1.82) is 0 Å². The molecular weight excluding hydrogens is 423 g/mol. The van der Waals surface area contributed by atoms with Gasteiger partial charge >= 0.3 is 0 Å². The average Bonchev–Trinajstić information content (AvgIpc) is 2.99. The van der Waals surface area contributed by atoms with E-state index in [2.05, 4.69) is 63.5 Å². The normalized spacial score (nSPS) is 12.4. The van der Waals surface area contributed by atoms with Crippen molar-refractivity contribution in [3.05, 3.63) is 95.1 Å². The van der Waals surface area contributed by atoms with Gasteiger partial charge < -0.3 is 9.30 Å². The van der Waals surface area contributed by atoms with Gasteiger partial charge in [-0.1, -0.05) is 63.2 Å². The number of pyridine rings is 1. The van der Waals surface area contributed by atoms with Gasteiger partial charge in [-0.05, 0) is 48.1 Å². The van der Waals surface area contributed by atoms with Crippen molar-refractivity contribution in [3.8, 4) is 5.75 Å². The molecule has 0 aliphatic carbocycles. The summed E-state index contributed by atoms with van der Waals surface area (Å²) in [4.78, 5) is 4.70. The zero-order valence-corrected chi connectivity index (χ0v) is 20.0. The highest BCUT2D eigenvalue weighted by atomic mass is 35.5. The third kappa shape index (κ3) is 4.51. The van der Waals surface area contributed by atoms with E-state index in [4.69, 9.17) is 9.72 Å². The summed E-state index contributed by atoms with van der Waals surface area (Å²) in [5.74, 6) is 0.543. The Bertz CT molecular complexity index is 1190. The molecule has 0 bridgehead atoms. The van der Waals surface area contributed by atoms with Crippen LogP contribution in [0.3, 0.4) is 0 Å². The van der Waals surface area contributed by atoms with E-state index in [1.807, 2.05) is 12.1 Å². The molecule has 0 N–H and O–H groups in total. The summed E-state index contributed by atoms with van der Waals surface area (Å²) >= 11 is 0. The first kappa shape index (κ1) is 23.8. The summed E-state index contributed by atoms with van der Waals surface area (Å²) in [6.07, 6.45) is 1.80. The number of aryl methyl sites for hydroxylation is 1. The fraction of sp³-hybridized carbons (Fsp3) is 0.296. The van der Waals surface area contributed by atoms with Gasteiger partial charge in [0.2, 0.25) is 0 Å². The van der Waals surface area contributed by atoms with Gasteiger partial charge in [0, 0.05) is 18.0 Å². The van der Waals surface area contributed by atoms with Gasteiger partial charge in [0.05, 0.1) is 11.6 Å². The molecule has 0 radical (unpaired) electrons. The Morgan fingerprint density at radius 3 is 2.25 bits per heavy atom. The van der Waals surface area contributed by atoms with E-state index < -0.39 is 0 Å². The SMILES string of the molecule is Cc1c(C)n(C(c2ccccc2)C(C)(C)C)c2c(OCc3ccc(F)cc3)ccnc12.Cl. The van der Waals surface area contributed by atoms with E-state index >= 15 is 0 Å². The van der Waals surface area contributed by atoms with Crippen molar-refractivity contribution in [3.63, 3.8) is 0 Å². The van der Waals surface area contributed by atoms with Crippen molar-refractivity contribution < 1.29 is 9.13 Å². The summed E-state index contributed by atoms with van der Waals surface area (Å²) in [5.41, 5.74) is 6.45. The molecule has 0 fully saturated rings. The van der Waals surface area contributed by atoms with Gasteiger partial charge in [0.15, 0.2) is 0 Å². The first-order valence-corrected chi connectivity index (χ1v) is 10.7. The first-order chi connectivity index (χ1) is 14.8. The molecule has 0 aliphatic rings. The maximum Gasteiger partial charge on any atom is 0.147 e. The van der Waals surface area contributed by atoms with E-state index in [9.17, 15) is 4.39 Å². The highest BCUT2D eigenvalue weighted by molar-refractivity contribution is 5.87. The molecule has 0 amide bonds. The molecule has 2 heterocycles. The lowest BCUT2D eigenvalue weighted by molar-refractivity contribution is 0.279. The number of hydrogen-bond acceptors (Lipinski definition) is 2. The fourth-order valence-corrected chi connectivity index (χ4v) is 4.32. The lowest BCUT2D eigenvalue weighted by Crippen LogP contribution is -2.26. The molecule has 0 saturated heterocycles. The molecule has 3 nitrogen and oxygen atoms in total. The summed E-state index contributed by atoms with van der Waals surface area (Å²) in [7, 11) is 0. The molecule has 2 aromatic carbocycles. The number of nitrogens with zero attached hydrogens (tertiary/aromatic N) is 2. The van der Waals surface area contributed by atoms with Crippen molar-refractivity contribution >= 4 is 23.4 Å². The highest BCUT2D eigenvalue weighted by Crippen LogP contribution is 2.43. The number of ether oxygens (including phenoxy) is 1. The van der Waals surface area contributed by atoms with Gasteiger partial charge in [0.25, 0.3) is 0 Å². The van der Waals surface area contributed by atoms with Crippen LogP contribution in [0.5, 0.6) is 5.75 Å². The summed E-state index contributed by atoms with van der Waals surface area (Å²) in [6, 6.07) is 19.1. The van der Waals surface area contributed by atoms with Crippen LogP contribution in [0.1, 0.15) is 49.2 Å². The zero-order chi connectivity index (χ0) is 22.2. The molecule has 4 rings (SSSR count). The number of rotatable bonds is 5. The van der Waals surface area contributed by atoms with Gasteiger partial charge in [0.1, 0.15) is 23.7 Å². The maximum absolute atomic E-state index is 13.3. The lowest BCUT2D eigenvalue weighted by atomic mass is 9.82. The lowest BCUT2D eigenvalue weighted by Gasteiger charge is -2.34. The Kier molecular flexibility index (Phi) is 6.94. The van der Waals surface area contributed by atoms with Crippen LogP contribution in [-0.4, -0.2) is 9.55 Å². The predicted octanol–water partition coefficient (Wildman–Crippen LogP) is 7.43. The number of fused-ring (bicyclic) bond motifs is 1. The molecule has 0 aliphatic heterocycles. The average molecular weight is 453 g/mol. The number of halogens is 2. The molecule has 1 unspecified atom stereocenters. The number of benzene rings is 2. The first-order valence-electron chi connectivity index (χ1n) is 10.7. The second-order valence-electron chi connectivity index (χ2n) is 9.18. The highest BCUT2D eigenvalue weighted by Gasteiger charge is 2.32. The predicted molar refractivity (Wildman–Crippen MR) is 131 cm³/mol. The van der Waals surface area contributed by atoms with Crippen LogP contribution in [0.4, 0.5) is 4.39 Å². The minimum atomic E-state index is -0.244. The van der Waals surface area contributed by atoms with Crippen molar-refractivity contribution in [2.45, 2.75) is 47.3 Å². The van der Waals surface area contributed by atoms with Gasteiger partial charge in [-0.25, -0.2) is 4.39 Å². The van der Waals surface area contributed by atoms with E-state index in [0.717, 1.165) is 27.9 Å². The Morgan fingerprint density at radius 1 is 0.969 bits per heavy atom. The smallest absolute Gasteiger partial charge is 0.147 e. The van der Waals surface area contributed by atoms with Gasteiger partial charge in [-0.2, -0.15) is 0 Å². The Morgan fingerprint density at radius 2 is 1.62 bits per heavy atom. The third-order valence-corrected chi connectivity index (χ3v) is 5.89. The second-order valence-corrected chi connectivity index (χ2v) is 9.18. The Labute approximate surface area is 195 Å². The number of hydrogen-bond donors (Lipinski definition) is 0. The third-order valence-electron chi connectivity index (χ3n) is 5.89. The quantitative estimate of drug-likeness (QED) is 0.315. The largest absolute Gasteiger partial charge is 0.487 e. The Hall–Kier alpha value is -2.85. The second kappa shape index (κ2) is 9.33. The Balaban J connectivity index is 0.00000289. The van der Waals surface area contributed by atoms with Crippen LogP contribution in [-0.2, 0) is 6.61 Å². The maximum atomic E-state index is 13.3. The van der Waals surface area contributed by atoms with Crippen LogP contribution in [0, 0.1) is 25.1 Å². The minimum Gasteiger partial charge on any atom is -0.487 e.